The Balaban J connectivity index is 2.66. The Morgan fingerprint density at radius 2 is 1.87 bits per heavy atom. The molecule has 1 heterocycles. The Hall–Kier alpha value is 0.250. The van der Waals surface area contributed by atoms with Crippen LogP contribution < -0.4 is 11.1 Å². The topological polar surface area (TPSA) is 89.3 Å². The van der Waals surface area contributed by atoms with E-state index < -0.39 is 31.6 Å². The largest absolute Gasteiger partial charge is 0.347 e. The van der Waals surface area contributed by atoms with Gasteiger partial charge in [0.1, 0.15) is 0 Å². The fourth-order valence-corrected chi connectivity index (χ4v) is 3.27. The molecular formula is C6H9Cl3N2O3S. The minimum atomic E-state index is -3.20. The number of nitrogens with one attached hydrogen (secondary N) is 1. The Morgan fingerprint density at radius 3 is 2.20 bits per heavy atom. The first-order valence-corrected chi connectivity index (χ1v) is 6.91. The van der Waals surface area contributed by atoms with Gasteiger partial charge in [-0.3, -0.25) is 4.79 Å². The molecule has 0 aromatic rings. The summed E-state index contributed by atoms with van der Waals surface area (Å²) in [6, 6.07) is -1.36. The van der Waals surface area contributed by atoms with Crippen molar-refractivity contribution in [2.24, 2.45) is 5.73 Å². The summed E-state index contributed by atoms with van der Waals surface area (Å²) in [4.78, 5) is 11.2. The molecule has 1 saturated heterocycles. The van der Waals surface area contributed by atoms with Crippen LogP contribution >= 0.6 is 34.8 Å². The van der Waals surface area contributed by atoms with Gasteiger partial charge in [0.15, 0.2) is 9.84 Å². The first-order chi connectivity index (χ1) is 6.62. The van der Waals surface area contributed by atoms with E-state index in [-0.39, 0.29) is 11.5 Å². The Bertz CT molecular complexity index is 364. The van der Waals surface area contributed by atoms with Gasteiger partial charge in [0.2, 0.25) is 0 Å². The molecule has 15 heavy (non-hydrogen) atoms. The minimum absolute atomic E-state index is 0.169. The maximum Gasteiger partial charge on any atom is 0.272 e. The van der Waals surface area contributed by atoms with Crippen molar-refractivity contribution < 1.29 is 13.2 Å². The molecule has 0 unspecified atom stereocenters. The van der Waals surface area contributed by atoms with Gasteiger partial charge in [-0.1, -0.05) is 34.8 Å². The molecule has 3 N–H and O–H groups in total. The average molecular weight is 296 g/mol. The molecule has 0 bridgehead atoms. The lowest BCUT2D eigenvalue weighted by atomic mass is 10.2. The zero-order valence-electron chi connectivity index (χ0n) is 7.41. The average Bonchev–Trinajstić information content (AvgIpc) is 2.22. The van der Waals surface area contributed by atoms with Gasteiger partial charge in [-0.25, -0.2) is 8.42 Å². The summed E-state index contributed by atoms with van der Waals surface area (Å²) in [7, 11) is -3.20. The molecule has 1 amide bonds. The summed E-state index contributed by atoms with van der Waals surface area (Å²) in [5.74, 6) is -1.26. The fraction of sp³-hybridized carbons (Fsp3) is 0.833. The van der Waals surface area contributed by atoms with Crippen molar-refractivity contribution in [1.82, 2.24) is 5.32 Å². The van der Waals surface area contributed by atoms with Gasteiger partial charge in [0, 0.05) is 6.04 Å². The quantitative estimate of drug-likeness (QED) is 0.644. The number of amides is 1. The highest BCUT2D eigenvalue weighted by atomic mass is 35.6. The molecule has 1 aliphatic rings. The number of halogens is 3. The number of alkyl halides is 3. The number of carbonyl (C=O) groups is 1. The number of rotatable bonds is 1. The van der Waals surface area contributed by atoms with E-state index in [1.54, 1.807) is 0 Å². The fourth-order valence-electron chi connectivity index (χ4n) is 1.27. The monoisotopic (exact) mass is 294 g/mol. The predicted octanol–water partition coefficient (Wildman–Crippen LogP) is -0.403. The summed E-state index contributed by atoms with van der Waals surface area (Å²) in [5.41, 5.74) is 5.52. The second-order valence-electron chi connectivity index (χ2n) is 3.32. The van der Waals surface area contributed by atoms with Crippen molar-refractivity contribution >= 4 is 50.5 Å². The van der Waals surface area contributed by atoms with E-state index >= 15 is 0 Å². The van der Waals surface area contributed by atoms with Gasteiger partial charge >= 0.3 is 0 Å². The second-order valence-corrected chi connectivity index (χ2v) is 7.75. The number of carbonyl (C=O) groups excluding carboxylic acids is 1. The highest BCUT2D eigenvalue weighted by molar-refractivity contribution is 7.91. The summed E-state index contributed by atoms with van der Waals surface area (Å²) in [6.07, 6.45) is 0. The molecule has 0 radical (unpaired) electrons. The molecule has 2 atom stereocenters. The van der Waals surface area contributed by atoms with Crippen LogP contribution in [0.3, 0.4) is 0 Å². The third kappa shape index (κ3) is 3.64. The van der Waals surface area contributed by atoms with Crippen LogP contribution in [-0.2, 0) is 14.6 Å². The van der Waals surface area contributed by atoms with Crippen molar-refractivity contribution in [2.45, 2.75) is 15.9 Å². The van der Waals surface area contributed by atoms with Gasteiger partial charge in [0.25, 0.3) is 9.70 Å². The van der Waals surface area contributed by atoms with Crippen LogP contribution in [0.25, 0.3) is 0 Å². The number of hydrogen-bond acceptors (Lipinski definition) is 4. The van der Waals surface area contributed by atoms with Crippen LogP contribution in [0.5, 0.6) is 0 Å². The molecule has 0 aliphatic carbocycles. The molecule has 1 aliphatic heterocycles. The van der Waals surface area contributed by atoms with E-state index in [4.69, 9.17) is 40.5 Å². The van der Waals surface area contributed by atoms with Crippen LogP contribution in [-0.4, -0.2) is 41.7 Å². The van der Waals surface area contributed by atoms with Gasteiger partial charge in [-0.2, -0.15) is 0 Å². The first-order valence-electron chi connectivity index (χ1n) is 3.95. The SMILES string of the molecule is N[C@@H]1CS(=O)(=O)C[C@H]1NC(=O)C(Cl)(Cl)Cl. The molecular weight excluding hydrogens is 287 g/mol. The first kappa shape index (κ1) is 13.3. The highest BCUT2D eigenvalue weighted by Crippen LogP contribution is 2.26. The molecule has 5 nitrogen and oxygen atoms in total. The molecule has 9 heteroatoms. The van der Waals surface area contributed by atoms with E-state index in [1.807, 2.05) is 0 Å². The third-order valence-corrected chi connectivity index (χ3v) is 4.25. The van der Waals surface area contributed by atoms with E-state index in [0.29, 0.717) is 0 Å². The van der Waals surface area contributed by atoms with E-state index in [0.717, 1.165) is 0 Å². The summed E-state index contributed by atoms with van der Waals surface area (Å²) >= 11 is 15.9. The van der Waals surface area contributed by atoms with Gasteiger partial charge < -0.3 is 11.1 Å². The van der Waals surface area contributed by atoms with Crippen molar-refractivity contribution in [3.8, 4) is 0 Å². The van der Waals surface area contributed by atoms with Crippen molar-refractivity contribution in [2.75, 3.05) is 11.5 Å². The summed E-state index contributed by atoms with van der Waals surface area (Å²) < 4.78 is 20.2. The van der Waals surface area contributed by atoms with Crippen LogP contribution in [0, 0.1) is 0 Å². The van der Waals surface area contributed by atoms with Gasteiger partial charge in [0.05, 0.1) is 17.5 Å². The normalized spacial score (nSPS) is 30.1. The van der Waals surface area contributed by atoms with Crippen molar-refractivity contribution in [3.63, 3.8) is 0 Å². The zero-order chi connectivity index (χ0) is 11.9. The smallest absolute Gasteiger partial charge is 0.272 e. The third-order valence-electron chi connectivity index (χ3n) is 1.97. The van der Waals surface area contributed by atoms with Crippen LogP contribution in [0.15, 0.2) is 0 Å². The molecule has 1 fully saturated rings. The molecule has 0 aromatic heterocycles. The van der Waals surface area contributed by atoms with Crippen LogP contribution in [0.2, 0.25) is 0 Å². The maximum absolute atomic E-state index is 11.2. The minimum Gasteiger partial charge on any atom is -0.347 e. The Kier molecular flexibility index (Phi) is 3.78. The molecule has 1 rings (SSSR count). The van der Waals surface area contributed by atoms with Crippen molar-refractivity contribution in [3.05, 3.63) is 0 Å². The maximum atomic E-state index is 11.2. The predicted molar refractivity (Wildman–Crippen MR) is 58.8 cm³/mol. The summed E-state index contributed by atoms with van der Waals surface area (Å²) in [5, 5.41) is 2.29. The zero-order valence-corrected chi connectivity index (χ0v) is 10.5. The van der Waals surface area contributed by atoms with Gasteiger partial charge in [-0.15, -0.1) is 0 Å². The molecule has 88 valence electrons. The van der Waals surface area contributed by atoms with Crippen LogP contribution in [0.4, 0.5) is 0 Å². The molecule has 0 spiro atoms. The second kappa shape index (κ2) is 4.25. The van der Waals surface area contributed by atoms with E-state index in [2.05, 4.69) is 5.32 Å². The molecule has 0 saturated carbocycles. The number of hydrogen-bond donors (Lipinski definition) is 2. The lowest BCUT2D eigenvalue weighted by molar-refractivity contribution is -0.120. The summed E-state index contributed by atoms with van der Waals surface area (Å²) in [6.45, 7) is 0. The van der Waals surface area contributed by atoms with E-state index in [9.17, 15) is 13.2 Å². The Labute approximate surface area is 102 Å². The lowest BCUT2D eigenvalue weighted by Gasteiger charge is -2.18. The van der Waals surface area contributed by atoms with Crippen LogP contribution in [0.1, 0.15) is 0 Å². The highest BCUT2D eigenvalue weighted by Gasteiger charge is 2.40. The standard InChI is InChI=1S/C6H9Cl3N2O3S/c7-6(8,9)5(12)11-4-2-15(13,14)1-3(4)10/h3-4H,1-2,10H2,(H,11,12)/t3-,4-/m1/s1. The number of sulfone groups is 1. The van der Waals surface area contributed by atoms with Crippen molar-refractivity contribution in [1.29, 1.82) is 0 Å². The Morgan fingerprint density at radius 1 is 1.33 bits per heavy atom. The molecule has 0 aromatic carbocycles. The van der Waals surface area contributed by atoms with E-state index in [1.165, 1.54) is 0 Å². The lowest BCUT2D eigenvalue weighted by Crippen LogP contribution is -2.50. The van der Waals surface area contributed by atoms with Gasteiger partial charge in [-0.05, 0) is 0 Å². The number of nitrogens with two attached hydrogens (primary N) is 1.